The van der Waals surface area contributed by atoms with Crippen LogP contribution in [0.4, 0.5) is 0 Å². The molecule has 0 amide bonds. The van der Waals surface area contributed by atoms with E-state index >= 15 is 0 Å². The second-order valence-corrected chi connectivity index (χ2v) is 9.05. The fraction of sp³-hybridized carbons (Fsp3) is 0.684. The zero-order valence-corrected chi connectivity index (χ0v) is 16.3. The van der Waals surface area contributed by atoms with Gasteiger partial charge in [-0.3, -0.25) is 4.90 Å². The summed E-state index contributed by atoms with van der Waals surface area (Å²) in [5.74, 6) is 0.943. The lowest BCUT2D eigenvalue weighted by Crippen LogP contribution is -2.38. The van der Waals surface area contributed by atoms with Gasteiger partial charge in [-0.05, 0) is 62.9 Å². The smallest absolute Gasteiger partial charge is 0.211 e. The summed E-state index contributed by atoms with van der Waals surface area (Å²) >= 11 is 0. The maximum Gasteiger partial charge on any atom is 0.211 e. The van der Waals surface area contributed by atoms with Crippen LogP contribution in [0.1, 0.15) is 43.7 Å². The minimum atomic E-state index is -3.30. The highest BCUT2D eigenvalue weighted by Crippen LogP contribution is 2.26. The predicted molar refractivity (Wildman–Crippen MR) is 102 cm³/mol. The quantitative estimate of drug-likeness (QED) is 0.710. The number of nitrogens with one attached hydrogen (secondary N) is 1. The van der Waals surface area contributed by atoms with Gasteiger partial charge in [0, 0.05) is 19.2 Å². The molecular weight excluding hydrogens is 352 g/mol. The van der Waals surface area contributed by atoms with E-state index in [0.717, 1.165) is 43.9 Å². The molecule has 0 saturated carbocycles. The van der Waals surface area contributed by atoms with Crippen LogP contribution in [0.2, 0.25) is 0 Å². The van der Waals surface area contributed by atoms with E-state index in [4.69, 9.17) is 9.47 Å². The molecule has 2 atom stereocenters. The lowest BCUT2D eigenvalue weighted by atomic mass is 10.1. The Morgan fingerprint density at radius 2 is 1.96 bits per heavy atom. The zero-order chi connectivity index (χ0) is 18.4. The Morgan fingerprint density at radius 3 is 2.58 bits per heavy atom. The number of sulfonamides is 1. The van der Waals surface area contributed by atoms with Crippen molar-refractivity contribution in [2.45, 2.75) is 44.2 Å². The van der Waals surface area contributed by atoms with E-state index in [1.807, 2.05) is 24.3 Å². The maximum atomic E-state index is 12.4. The van der Waals surface area contributed by atoms with Gasteiger partial charge in [0.1, 0.15) is 5.75 Å². The largest absolute Gasteiger partial charge is 0.497 e. The van der Waals surface area contributed by atoms with Gasteiger partial charge in [-0.15, -0.1) is 0 Å². The summed E-state index contributed by atoms with van der Waals surface area (Å²) in [6.45, 7) is 3.18. The Bertz CT molecular complexity index is 651. The van der Waals surface area contributed by atoms with Crippen molar-refractivity contribution in [2.24, 2.45) is 0 Å². The van der Waals surface area contributed by atoms with E-state index < -0.39 is 10.0 Å². The third-order valence-electron chi connectivity index (χ3n) is 5.31. The normalized spacial score (nSPS) is 22.6. The molecule has 0 unspecified atom stereocenters. The molecule has 3 rings (SSSR count). The molecule has 26 heavy (non-hydrogen) atoms. The van der Waals surface area contributed by atoms with Gasteiger partial charge in [-0.2, -0.15) is 0 Å². The third kappa shape index (κ3) is 5.42. The average Bonchev–Trinajstić information content (AvgIpc) is 3.35. The summed E-state index contributed by atoms with van der Waals surface area (Å²) in [5, 5.41) is 0. The van der Waals surface area contributed by atoms with Crippen molar-refractivity contribution >= 4 is 10.0 Å². The second kappa shape index (κ2) is 9.17. The van der Waals surface area contributed by atoms with E-state index in [2.05, 4.69) is 9.62 Å². The van der Waals surface area contributed by atoms with Gasteiger partial charge in [0.2, 0.25) is 10.0 Å². The first-order valence-corrected chi connectivity index (χ1v) is 11.2. The number of ether oxygens (including phenoxy) is 2. The van der Waals surface area contributed by atoms with Crippen molar-refractivity contribution in [3.8, 4) is 5.75 Å². The van der Waals surface area contributed by atoms with E-state index in [0.29, 0.717) is 13.0 Å². The summed E-state index contributed by atoms with van der Waals surface area (Å²) in [7, 11) is -1.65. The first-order valence-electron chi connectivity index (χ1n) is 9.54. The lowest BCUT2D eigenvalue weighted by Gasteiger charge is -2.28. The average molecular weight is 383 g/mol. The standard InChI is InChI=1S/C19H30N2O4S/c1-24-17-8-6-16(7-9-17)19(21-11-2-3-12-21)15-20-26(22,23)14-10-18-5-4-13-25-18/h6-9,18-20H,2-5,10-15H2,1H3/t18-,19+/m1/s1. The first kappa shape index (κ1) is 19.6. The molecule has 1 aromatic carbocycles. The molecule has 2 heterocycles. The molecule has 1 N–H and O–H groups in total. The highest BCUT2D eigenvalue weighted by Gasteiger charge is 2.26. The predicted octanol–water partition coefficient (Wildman–Crippen LogP) is 2.32. The van der Waals surface area contributed by atoms with Crippen LogP contribution in [0, 0.1) is 0 Å². The molecule has 0 spiro atoms. The number of rotatable bonds is 9. The van der Waals surface area contributed by atoms with Crippen LogP contribution in [0.3, 0.4) is 0 Å². The summed E-state index contributed by atoms with van der Waals surface area (Å²) in [6.07, 6.45) is 5.01. The minimum absolute atomic E-state index is 0.0564. The molecule has 1 aromatic rings. The molecule has 2 saturated heterocycles. The van der Waals surface area contributed by atoms with Gasteiger partial charge in [-0.1, -0.05) is 12.1 Å². The van der Waals surface area contributed by atoms with Gasteiger partial charge in [0.15, 0.2) is 0 Å². The van der Waals surface area contributed by atoms with Gasteiger partial charge in [0.05, 0.1) is 19.0 Å². The summed E-state index contributed by atoms with van der Waals surface area (Å²) in [6, 6.07) is 7.99. The molecular formula is C19H30N2O4S. The van der Waals surface area contributed by atoms with E-state index in [1.54, 1.807) is 7.11 Å². The number of likely N-dealkylation sites (tertiary alicyclic amines) is 1. The molecule has 0 radical (unpaired) electrons. The monoisotopic (exact) mass is 382 g/mol. The van der Waals surface area contributed by atoms with Gasteiger partial charge >= 0.3 is 0 Å². The number of hydrogen-bond donors (Lipinski definition) is 1. The molecule has 146 valence electrons. The van der Waals surface area contributed by atoms with Crippen molar-refractivity contribution < 1.29 is 17.9 Å². The highest BCUT2D eigenvalue weighted by molar-refractivity contribution is 7.89. The fourth-order valence-electron chi connectivity index (χ4n) is 3.77. The molecule has 7 heteroatoms. The summed E-state index contributed by atoms with van der Waals surface area (Å²) < 4.78 is 38.5. The Kier molecular flexibility index (Phi) is 6.92. The minimum Gasteiger partial charge on any atom is -0.497 e. The number of benzene rings is 1. The van der Waals surface area contributed by atoms with Crippen molar-refractivity contribution in [1.29, 1.82) is 0 Å². The van der Waals surface area contributed by atoms with E-state index in [1.165, 1.54) is 12.8 Å². The fourth-order valence-corrected chi connectivity index (χ4v) is 4.90. The number of methoxy groups -OCH3 is 1. The van der Waals surface area contributed by atoms with Crippen LogP contribution >= 0.6 is 0 Å². The molecule has 6 nitrogen and oxygen atoms in total. The summed E-state index contributed by atoms with van der Waals surface area (Å²) in [5.41, 5.74) is 1.12. The molecule has 2 aliphatic heterocycles. The second-order valence-electron chi connectivity index (χ2n) is 7.12. The zero-order valence-electron chi connectivity index (χ0n) is 15.5. The Labute approximate surface area is 156 Å². The lowest BCUT2D eigenvalue weighted by molar-refractivity contribution is 0.108. The van der Waals surface area contributed by atoms with Crippen LogP contribution in [0.15, 0.2) is 24.3 Å². The van der Waals surface area contributed by atoms with Crippen LogP contribution in [0.5, 0.6) is 5.75 Å². The van der Waals surface area contributed by atoms with Crippen LogP contribution in [-0.2, 0) is 14.8 Å². The summed E-state index contributed by atoms with van der Waals surface area (Å²) in [4.78, 5) is 2.37. The number of nitrogens with zero attached hydrogens (tertiary/aromatic N) is 1. The molecule has 2 fully saturated rings. The van der Waals surface area contributed by atoms with E-state index in [9.17, 15) is 8.42 Å². The van der Waals surface area contributed by atoms with Gasteiger partial charge in [0.25, 0.3) is 0 Å². The van der Waals surface area contributed by atoms with Gasteiger partial charge < -0.3 is 9.47 Å². The first-order chi connectivity index (χ1) is 12.6. The van der Waals surface area contributed by atoms with Crippen molar-refractivity contribution in [2.75, 3.05) is 39.1 Å². The van der Waals surface area contributed by atoms with Crippen molar-refractivity contribution in [3.63, 3.8) is 0 Å². The molecule has 0 aliphatic carbocycles. The maximum absolute atomic E-state index is 12.4. The van der Waals surface area contributed by atoms with Crippen LogP contribution in [0.25, 0.3) is 0 Å². The molecule has 0 bridgehead atoms. The van der Waals surface area contributed by atoms with Crippen LogP contribution < -0.4 is 9.46 Å². The molecule has 2 aliphatic rings. The topological polar surface area (TPSA) is 67.9 Å². The van der Waals surface area contributed by atoms with Crippen molar-refractivity contribution in [1.82, 2.24) is 9.62 Å². The van der Waals surface area contributed by atoms with Crippen LogP contribution in [-0.4, -0.2) is 58.5 Å². The Hall–Kier alpha value is -1.15. The van der Waals surface area contributed by atoms with Gasteiger partial charge in [-0.25, -0.2) is 13.1 Å². The SMILES string of the molecule is COc1ccc([C@H](CNS(=O)(=O)CC[C@H]2CCCO2)N2CCCC2)cc1. The third-order valence-corrected chi connectivity index (χ3v) is 6.69. The highest BCUT2D eigenvalue weighted by atomic mass is 32.2. The Balaban J connectivity index is 1.61. The molecule has 0 aromatic heterocycles. The number of hydrogen-bond acceptors (Lipinski definition) is 5. The van der Waals surface area contributed by atoms with Crippen molar-refractivity contribution in [3.05, 3.63) is 29.8 Å². The van der Waals surface area contributed by atoms with E-state index in [-0.39, 0.29) is 17.9 Å². The Morgan fingerprint density at radius 1 is 1.23 bits per heavy atom.